The lowest BCUT2D eigenvalue weighted by Crippen LogP contribution is -2.59. The number of amides is 2. The van der Waals surface area contributed by atoms with Gasteiger partial charge in [0, 0.05) is 9.26 Å². The standard InChI is InChI=1S/C13H13IN2O2/c14-9-2-1-3-10(6-9)16-7-11(17)15-12(13(16)18)8-4-5-8/h1-3,6,8,12H,4-5,7H2,(H,15,17). The number of hydrogen-bond donors (Lipinski definition) is 1. The van der Waals surface area contributed by atoms with Crippen LogP contribution in [0.3, 0.4) is 0 Å². The summed E-state index contributed by atoms with van der Waals surface area (Å²) in [6.45, 7) is 0.127. The van der Waals surface area contributed by atoms with Crippen molar-refractivity contribution in [3.8, 4) is 0 Å². The molecule has 1 N–H and O–H groups in total. The van der Waals surface area contributed by atoms with Crippen molar-refractivity contribution in [3.63, 3.8) is 0 Å². The fraction of sp³-hybridized carbons (Fsp3) is 0.385. The van der Waals surface area contributed by atoms with Crippen LogP contribution >= 0.6 is 22.6 Å². The van der Waals surface area contributed by atoms with Crippen molar-refractivity contribution >= 4 is 40.1 Å². The molecule has 1 aliphatic heterocycles. The van der Waals surface area contributed by atoms with Gasteiger partial charge in [0.05, 0.1) is 0 Å². The Bertz CT molecular complexity index is 513. The summed E-state index contributed by atoms with van der Waals surface area (Å²) in [5.74, 6) is 0.302. The van der Waals surface area contributed by atoms with Crippen LogP contribution in [0.5, 0.6) is 0 Å². The van der Waals surface area contributed by atoms with Crippen LogP contribution < -0.4 is 10.2 Å². The highest BCUT2D eigenvalue weighted by atomic mass is 127. The maximum absolute atomic E-state index is 12.4. The zero-order valence-corrected chi connectivity index (χ0v) is 11.9. The van der Waals surface area contributed by atoms with Crippen molar-refractivity contribution in [2.75, 3.05) is 11.4 Å². The predicted molar refractivity (Wildman–Crippen MR) is 76.2 cm³/mol. The summed E-state index contributed by atoms with van der Waals surface area (Å²) in [5.41, 5.74) is 0.812. The first-order valence-corrected chi connectivity index (χ1v) is 7.09. The average molecular weight is 356 g/mol. The van der Waals surface area contributed by atoms with E-state index in [-0.39, 0.29) is 24.4 Å². The first-order valence-electron chi connectivity index (χ1n) is 6.01. The van der Waals surface area contributed by atoms with Crippen molar-refractivity contribution in [3.05, 3.63) is 27.8 Å². The number of carbonyl (C=O) groups excluding carboxylic acids is 2. The molecule has 1 unspecified atom stereocenters. The van der Waals surface area contributed by atoms with E-state index in [9.17, 15) is 9.59 Å². The smallest absolute Gasteiger partial charge is 0.250 e. The van der Waals surface area contributed by atoms with E-state index in [0.29, 0.717) is 5.92 Å². The van der Waals surface area contributed by atoms with E-state index in [1.165, 1.54) is 0 Å². The fourth-order valence-electron chi connectivity index (χ4n) is 2.28. The molecule has 2 aliphatic rings. The van der Waals surface area contributed by atoms with E-state index in [4.69, 9.17) is 0 Å². The van der Waals surface area contributed by atoms with Crippen LogP contribution in [-0.4, -0.2) is 24.4 Å². The molecule has 1 aliphatic carbocycles. The Labute approximate surface area is 119 Å². The van der Waals surface area contributed by atoms with E-state index < -0.39 is 0 Å². The summed E-state index contributed by atoms with van der Waals surface area (Å²) in [6, 6.07) is 7.37. The number of hydrogen-bond acceptors (Lipinski definition) is 2. The van der Waals surface area contributed by atoms with Gasteiger partial charge in [-0.3, -0.25) is 9.59 Å². The maximum atomic E-state index is 12.4. The molecule has 1 aromatic rings. The summed E-state index contributed by atoms with van der Waals surface area (Å²) >= 11 is 2.21. The lowest BCUT2D eigenvalue weighted by atomic mass is 10.1. The molecule has 0 spiro atoms. The molecule has 18 heavy (non-hydrogen) atoms. The average Bonchev–Trinajstić information content (AvgIpc) is 3.16. The molecule has 94 valence electrons. The summed E-state index contributed by atoms with van der Waals surface area (Å²) < 4.78 is 1.06. The van der Waals surface area contributed by atoms with Gasteiger partial charge in [0.15, 0.2) is 0 Å². The van der Waals surface area contributed by atoms with Gasteiger partial charge in [0.25, 0.3) is 0 Å². The molecule has 1 aromatic carbocycles. The Morgan fingerprint density at radius 2 is 2.06 bits per heavy atom. The van der Waals surface area contributed by atoms with Gasteiger partial charge in [-0.25, -0.2) is 0 Å². The third kappa shape index (κ3) is 2.23. The van der Waals surface area contributed by atoms with Crippen molar-refractivity contribution in [1.82, 2.24) is 5.32 Å². The second-order valence-corrected chi connectivity index (χ2v) is 6.03. The van der Waals surface area contributed by atoms with Crippen LogP contribution in [0.1, 0.15) is 12.8 Å². The highest BCUT2D eigenvalue weighted by Gasteiger charge is 2.42. The molecular weight excluding hydrogens is 343 g/mol. The Morgan fingerprint density at radius 3 is 2.72 bits per heavy atom. The van der Waals surface area contributed by atoms with Gasteiger partial charge in [0.2, 0.25) is 11.8 Å². The number of piperazine rings is 1. The minimum Gasteiger partial charge on any atom is -0.342 e. The highest BCUT2D eigenvalue weighted by molar-refractivity contribution is 14.1. The molecule has 1 saturated heterocycles. The second-order valence-electron chi connectivity index (χ2n) is 4.79. The lowest BCUT2D eigenvalue weighted by Gasteiger charge is -2.32. The van der Waals surface area contributed by atoms with Gasteiger partial charge in [-0.1, -0.05) is 6.07 Å². The van der Waals surface area contributed by atoms with Gasteiger partial charge in [-0.05, 0) is 59.5 Å². The van der Waals surface area contributed by atoms with Gasteiger partial charge < -0.3 is 10.2 Å². The first kappa shape index (κ1) is 12.0. The van der Waals surface area contributed by atoms with Crippen molar-refractivity contribution < 1.29 is 9.59 Å². The summed E-state index contributed by atoms with van der Waals surface area (Å²) in [7, 11) is 0. The number of nitrogens with one attached hydrogen (secondary N) is 1. The van der Waals surface area contributed by atoms with Gasteiger partial charge in [-0.2, -0.15) is 0 Å². The summed E-state index contributed by atoms with van der Waals surface area (Å²) in [4.78, 5) is 25.7. The molecule has 2 fully saturated rings. The Morgan fingerprint density at radius 1 is 1.28 bits per heavy atom. The van der Waals surface area contributed by atoms with E-state index in [2.05, 4.69) is 27.9 Å². The minimum atomic E-state index is -0.316. The van der Waals surface area contributed by atoms with Crippen LogP contribution in [0.25, 0.3) is 0 Å². The van der Waals surface area contributed by atoms with Crippen LogP contribution in [0.4, 0.5) is 5.69 Å². The maximum Gasteiger partial charge on any atom is 0.250 e. The lowest BCUT2D eigenvalue weighted by molar-refractivity contribution is -0.131. The molecule has 0 bridgehead atoms. The van der Waals surface area contributed by atoms with Gasteiger partial charge in [-0.15, -0.1) is 0 Å². The number of rotatable bonds is 2. The first-order chi connectivity index (χ1) is 8.65. The topological polar surface area (TPSA) is 49.4 Å². The zero-order chi connectivity index (χ0) is 12.7. The molecule has 0 aromatic heterocycles. The third-order valence-corrected chi connectivity index (χ3v) is 4.03. The minimum absolute atomic E-state index is 0.0269. The largest absolute Gasteiger partial charge is 0.342 e. The molecule has 1 heterocycles. The van der Waals surface area contributed by atoms with E-state index >= 15 is 0 Å². The van der Waals surface area contributed by atoms with Crippen LogP contribution in [0.2, 0.25) is 0 Å². The Balaban J connectivity index is 1.90. The molecule has 1 saturated carbocycles. The van der Waals surface area contributed by atoms with Gasteiger partial charge >= 0.3 is 0 Å². The normalized spacial score (nSPS) is 24.1. The monoisotopic (exact) mass is 356 g/mol. The van der Waals surface area contributed by atoms with E-state index in [0.717, 1.165) is 22.1 Å². The highest BCUT2D eigenvalue weighted by Crippen LogP contribution is 2.35. The molecule has 2 amide bonds. The van der Waals surface area contributed by atoms with Crippen molar-refractivity contribution in [2.45, 2.75) is 18.9 Å². The predicted octanol–water partition coefficient (Wildman–Crippen LogP) is 1.53. The van der Waals surface area contributed by atoms with Crippen LogP contribution in [0.15, 0.2) is 24.3 Å². The molecular formula is C13H13IN2O2. The van der Waals surface area contributed by atoms with Crippen LogP contribution in [0, 0.1) is 9.49 Å². The molecule has 4 nitrogen and oxygen atoms in total. The number of halogens is 1. The summed E-state index contributed by atoms with van der Waals surface area (Å²) in [5, 5.41) is 2.81. The van der Waals surface area contributed by atoms with E-state index in [1.54, 1.807) is 4.90 Å². The quantitative estimate of drug-likeness (QED) is 0.818. The Kier molecular flexibility index (Phi) is 3.01. The van der Waals surface area contributed by atoms with E-state index in [1.807, 2.05) is 24.3 Å². The molecule has 1 atom stereocenters. The number of carbonyl (C=O) groups is 2. The molecule has 5 heteroatoms. The van der Waals surface area contributed by atoms with Crippen molar-refractivity contribution in [1.29, 1.82) is 0 Å². The number of benzene rings is 1. The molecule has 0 radical (unpaired) electrons. The second kappa shape index (κ2) is 4.53. The SMILES string of the molecule is O=C1CN(c2cccc(I)c2)C(=O)C(C2CC2)N1. The van der Waals surface area contributed by atoms with Crippen LogP contribution in [-0.2, 0) is 9.59 Å². The fourth-order valence-corrected chi connectivity index (χ4v) is 2.81. The Hall–Kier alpha value is -1.11. The number of anilines is 1. The molecule has 3 rings (SSSR count). The summed E-state index contributed by atoms with van der Waals surface area (Å²) in [6.07, 6.45) is 2.08. The van der Waals surface area contributed by atoms with Gasteiger partial charge in [0.1, 0.15) is 12.6 Å². The van der Waals surface area contributed by atoms with Crippen molar-refractivity contribution in [2.24, 2.45) is 5.92 Å². The third-order valence-electron chi connectivity index (χ3n) is 3.36. The number of nitrogens with zero attached hydrogens (tertiary/aromatic N) is 1. The zero-order valence-electron chi connectivity index (χ0n) is 9.73.